The zero-order valence-electron chi connectivity index (χ0n) is 19.9. The third-order valence-corrected chi connectivity index (χ3v) is 5.51. The minimum absolute atomic E-state index is 0.343. The van der Waals surface area contributed by atoms with Gasteiger partial charge in [-0.1, -0.05) is 17.9 Å². The smallest absolute Gasteiger partial charge is 0.417 e. The molecule has 192 valence electrons. The Kier molecular flexibility index (Phi) is 8.69. The molecule has 0 saturated heterocycles. The van der Waals surface area contributed by atoms with Gasteiger partial charge in [-0.25, -0.2) is 0 Å². The maximum atomic E-state index is 13.6. The molecule has 0 atom stereocenters. The first-order valence-electron chi connectivity index (χ1n) is 10.9. The van der Waals surface area contributed by atoms with Gasteiger partial charge in [0.05, 0.1) is 37.2 Å². The number of hydrogen-bond acceptors (Lipinski definition) is 6. The van der Waals surface area contributed by atoms with Gasteiger partial charge in [-0.2, -0.15) is 26.9 Å². The van der Waals surface area contributed by atoms with Gasteiger partial charge in [0.15, 0.2) is 0 Å². The van der Waals surface area contributed by atoms with Crippen molar-refractivity contribution in [2.75, 3.05) is 20.0 Å². The molecule has 0 heterocycles. The van der Waals surface area contributed by atoms with Crippen molar-refractivity contribution < 1.29 is 35.2 Å². The summed E-state index contributed by atoms with van der Waals surface area (Å²) >= 11 is 0. The Morgan fingerprint density at radius 1 is 0.919 bits per heavy atom. The van der Waals surface area contributed by atoms with Crippen LogP contribution in [0.1, 0.15) is 34.2 Å². The van der Waals surface area contributed by atoms with Crippen molar-refractivity contribution in [3.8, 4) is 35.2 Å². The van der Waals surface area contributed by atoms with Crippen LogP contribution in [0.4, 0.5) is 13.2 Å². The summed E-state index contributed by atoms with van der Waals surface area (Å²) in [5, 5.41) is 9.26. The summed E-state index contributed by atoms with van der Waals surface area (Å²) in [5.74, 6) is 6.12. The molecule has 10 heteroatoms. The average Bonchev–Trinajstić information content (AvgIpc) is 2.84. The number of alkyl halides is 3. The SMILES string of the molecule is COc1cccc(OCCCc2cc(C#N)ccc2C#Cc2ccc(OS(C)(=O)=O)cc2C(F)(F)F)c1. The van der Waals surface area contributed by atoms with E-state index in [0.717, 1.165) is 18.4 Å². The van der Waals surface area contributed by atoms with E-state index in [4.69, 9.17) is 9.47 Å². The third kappa shape index (κ3) is 8.19. The lowest BCUT2D eigenvalue weighted by Crippen LogP contribution is -2.10. The summed E-state index contributed by atoms with van der Waals surface area (Å²) in [6, 6.07) is 16.7. The molecule has 0 aliphatic heterocycles. The maximum absolute atomic E-state index is 13.6. The summed E-state index contributed by atoms with van der Waals surface area (Å²) in [4.78, 5) is 0. The van der Waals surface area contributed by atoms with Crippen LogP contribution < -0.4 is 13.7 Å². The summed E-state index contributed by atoms with van der Waals surface area (Å²) in [6.45, 7) is 0.358. The lowest BCUT2D eigenvalue weighted by molar-refractivity contribution is -0.137. The Morgan fingerprint density at radius 2 is 1.62 bits per heavy atom. The maximum Gasteiger partial charge on any atom is 0.417 e. The molecule has 3 aromatic rings. The molecule has 37 heavy (non-hydrogen) atoms. The fourth-order valence-electron chi connectivity index (χ4n) is 3.36. The molecular formula is C27H22F3NO5S. The minimum Gasteiger partial charge on any atom is -0.497 e. The average molecular weight is 530 g/mol. The van der Waals surface area contributed by atoms with Crippen molar-refractivity contribution >= 4 is 10.1 Å². The number of rotatable bonds is 8. The van der Waals surface area contributed by atoms with Crippen LogP contribution in [-0.2, 0) is 22.7 Å². The van der Waals surface area contributed by atoms with E-state index in [9.17, 15) is 26.9 Å². The number of halogens is 3. The third-order valence-electron chi connectivity index (χ3n) is 5.01. The lowest BCUT2D eigenvalue weighted by Gasteiger charge is -2.11. The Labute approximate surface area is 213 Å². The quantitative estimate of drug-likeness (QED) is 0.223. The van der Waals surface area contributed by atoms with Crippen molar-refractivity contribution in [3.05, 3.63) is 88.5 Å². The van der Waals surface area contributed by atoms with Crippen LogP contribution >= 0.6 is 0 Å². The molecule has 0 aromatic heterocycles. The fraction of sp³-hybridized carbons (Fsp3) is 0.222. The predicted octanol–water partition coefficient (Wildman–Crippen LogP) is 5.34. The number of benzene rings is 3. The first-order valence-corrected chi connectivity index (χ1v) is 12.7. The van der Waals surface area contributed by atoms with Crippen LogP contribution in [0.15, 0.2) is 60.7 Å². The number of nitrogens with zero attached hydrogens (tertiary/aromatic N) is 1. The fourth-order valence-corrected chi connectivity index (χ4v) is 3.82. The van der Waals surface area contributed by atoms with Crippen LogP contribution in [0.5, 0.6) is 17.2 Å². The van der Waals surface area contributed by atoms with E-state index in [0.29, 0.717) is 53.7 Å². The number of ether oxygens (including phenoxy) is 2. The van der Waals surface area contributed by atoms with Gasteiger partial charge in [0, 0.05) is 17.2 Å². The van der Waals surface area contributed by atoms with Crippen LogP contribution in [-0.4, -0.2) is 28.4 Å². The van der Waals surface area contributed by atoms with Gasteiger partial charge in [-0.15, -0.1) is 0 Å². The van der Waals surface area contributed by atoms with Gasteiger partial charge in [-0.3, -0.25) is 0 Å². The first-order chi connectivity index (χ1) is 17.5. The number of methoxy groups -OCH3 is 1. The number of hydrogen-bond donors (Lipinski definition) is 0. The second-order valence-corrected chi connectivity index (χ2v) is 9.43. The van der Waals surface area contributed by atoms with E-state index in [1.54, 1.807) is 43.5 Å². The van der Waals surface area contributed by atoms with E-state index in [2.05, 4.69) is 16.0 Å². The highest BCUT2D eigenvalue weighted by Crippen LogP contribution is 2.34. The van der Waals surface area contributed by atoms with Crippen molar-refractivity contribution in [2.45, 2.75) is 19.0 Å². The summed E-state index contributed by atoms with van der Waals surface area (Å²) in [7, 11) is -2.44. The monoisotopic (exact) mass is 529 g/mol. The molecule has 0 amide bonds. The minimum atomic E-state index is -4.79. The molecule has 0 N–H and O–H groups in total. The summed E-state index contributed by atoms with van der Waals surface area (Å²) < 4.78 is 78.9. The van der Waals surface area contributed by atoms with E-state index in [1.165, 1.54) is 6.07 Å². The highest BCUT2D eigenvalue weighted by molar-refractivity contribution is 7.86. The van der Waals surface area contributed by atoms with Gasteiger partial charge in [0.1, 0.15) is 17.2 Å². The van der Waals surface area contributed by atoms with Gasteiger partial charge in [-0.05, 0) is 66.9 Å². The molecule has 0 radical (unpaired) electrons. The predicted molar refractivity (Wildman–Crippen MR) is 131 cm³/mol. The van der Waals surface area contributed by atoms with E-state index < -0.39 is 27.6 Å². The molecule has 0 fully saturated rings. The van der Waals surface area contributed by atoms with E-state index >= 15 is 0 Å². The van der Waals surface area contributed by atoms with Crippen molar-refractivity contribution in [1.29, 1.82) is 5.26 Å². The summed E-state index contributed by atoms with van der Waals surface area (Å²) in [5.41, 5.74) is 0.0805. The number of aryl methyl sites for hydroxylation is 1. The molecule has 6 nitrogen and oxygen atoms in total. The number of nitriles is 1. The second-order valence-electron chi connectivity index (χ2n) is 7.86. The first kappa shape index (κ1) is 27.4. The van der Waals surface area contributed by atoms with Crippen molar-refractivity contribution in [3.63, 3.8) is 0 Å². The van der Waals surface area contributed by atoms with Crippen LogP contribution in [0, 0.1) is 23.2 Å². The lowest BCUT2D eigenvalue weighted by atomic mass is 9.99. The van der Waals surface area contributed by atoms with Gasteiger partial charge >= 0.3 is 16.3 Å². The highest BCUT2D eigenvalue weighted by atomic mass is 32.2. The summed E-state index contributed by atoms with van der Waals surface area (Å²) in [6.07, 6.45) is -3.02. The normalized spacial score (nSPS) is 11.1. The van der Waals surface area contributed by atoms with Crippen molar-refractivity contribution in [2.24, 2.45) is 0 Å². The molecule has 0 spiro atoms. The zero-order valence-corrected chi connectivity index (χ0v) is 20.7. The molecular weight excluding hydrogens is 507 g/mol. The van der Waals surface area contributed by atoms with Gasteiger partial charge < -0.3 is 13.7 Å². The van der Waals surface area contributed by atoms with Gasteiger partial charge in [0.25, 0.3) is 0 Å². The molecule has 0 aliphatic carbocycles. The Bertz CT molecular complexity index is 1480. The largest absolute Gasteiger partial charge is 0.497 e. The van der Waals surface area contributed by atoms with E-state index in [1.807, 2.05) is 6.07 Å². The molecule has 0 aliphatic rings. The van der Waals surface area contributed by atoms with Crippen LogP contribution in [0.2, 0.25) is 0 Å². The zero-order chi connectivity index (χ0) is 27.1. The topological polar surface area (TPSA) is 85.6 Å². The standard InChI is InChI=1S/C27H22F3NO5S/c1-34-23-6-3-7-24(16-23)35-14-4-5-22-15-19(18-31)8-9-20(22)10-11-21-12-13-25(36-37(2,32)33)17-26(21)27(28,29)30/h3,6-9,12-13,15-17H,4-5,14H2,1-2H3. The van der Waals surface area contributed by atoms with E-state index in [-0.39, 0.29) is 5.56 Å². The Balaban J connectivity index is 1.83. The van der Waals surface area contributed by atoms with Gasteiger partial charge in [0.2, 0.25) is 0 Å². The molecule has 0 bridgehead atoms. The highest BCUT2D eigenvalue weighted by Gasteiger charge is 2.34. The second kappa shape index (κ2) is 11.7. The van der Waals surface area contributed by atoms with Crippen molar-refractivity contribution in [1.82, 2.24) is 0 Å². The van der Waals surface area contributed by atoms with Crippen LogP contribution in [0.25, 0.3) is 0 Å². The Morgan fingerprint density at radius 3 is 2.30 bits per heavy atom. The molecule has 3 aromatic carbocycles. The molecule has 3 rings (SSSR count). The molecule has 0 unspecified atom stereocenters. The van der Waals surface area contributed by atoms with Crippen LogP contribution in [0.3, 0.4) is 0 Å². The molecule has 0 saturated carbocycles. The Hall–Kier alpha value is -4.15.